The minimum Gasteiger partial charge on any atom is -0.354 e. The van der Waals surface area contributed by atoms with Gasteiger partial charge in [0.1, 0.15) is 0 Å². The highest BCUT2D eigenvalue weighted by molar-refractivity contribution is 9.10. The van der Waals surface area contributed by atoms with E-state index in [1.165, 1.54) is 6.42 Å². The molecule has 3 aromatic rings. The zero-order valence-electron chi connectivity index (χ0n) is 16.1. The van der Waals surface area contributed by atoms with Crippen LogP contribution in [0.5, 0.6) is 0 Å². The van der Waals surface area contributed by atoms with Crippen molar-refractivity contribution in [2.75, 3.05) is 18.4 Å². The van der Waals surface area contributed by atoms with Gasteiger partial charge in [0.2, 0.25) is 0 Å². The van der Waals surface area contributed by atoms with Crippen molar-refractivity contribution < 1.29 is 4.79 Å². The topological polar surface area (TPSA) is 58.1 Å². The number of piperidine rings is 1. The Balaban J connectivity index is 1.79. The van der Waals surface area contributed by atoms with Crippen molar-refractivity contribution >= 4 is 44.2 Å². The Morgan fingerprint density at radius 3 is 2.75 bits per heavy atom. The van der Waals surface area contributed by atoms with E-state index in [2.05, 4.69) is 38.1 Å². The number of pyridine rings is 2. The third-order valence-corrected chi connectivity index (χ3v) is 5.69. The summed E-state index contributed by atoms with van der Waals surface area (Å²) in [4.78, 5) is 24.3. The van der Waals surface area contributed by atoms with Crippen LogP contribution in [0.2, 0.25) is 0 Å². The molecule has 1 saturated heterocycles. The average Bonchev–Trinajstić information content (AvgIpc) is 2.69. The molecule has 2 aromatic heterocycles. The Morgan fingerprint density at radius 2 is 2.00 bits per heavy atom. The molecule has 1 atom stereocenters. The molecule has 6 heteroatoms. The number of benzene rings is 1. The van der Waals surface area contributed by atoms with Crippen LogP contribution in [0.25, 0.3) is 11.0 Å². The van der Waals surface area contributed by atoms with Crippen LogP contribution >= 0.6 is 15.9 Å². The summed E-state index contributed by atoms with van der Waals surface area (Å²) in [5.74, 6) is 0.555. The van der Waals surface area contributed by atoms with Crippen molar-refractivity contribution in [3.8, 4) is 0 Å². The van der Waals surface area contributed by atoms with Crippen LogP contribution in [0.1, 0.15) is 35.8 Å². The summed E-state index contributed by atoms with van der Waals surface area (Å²) in [6.07, 6.45) is 3.88. The summed E-state index contributed by atoms with van der Waals surface area (Å²) in [6, 6.07) is 11.9. The number of carbonyl (C=O) groups excluding carboxylic acids is 1. The Morgan fingerprint density at radius 1 is 1.21 bits per heavy atom. The Bertz CT molecular complexity index is 1020. The van der Waals surface area contributed by atoms with Crippen molar-refractivity contribution in [2.45, 2.75) is 26.7 Å². The van der Waals surface area contributed by atoms with E-state index in [-0.39, 0.29) is 5.91 Å². The van der Waals surface area contributed by atoms with Crippen LogP contribution in [0.4, 0.5) is 11.4 Å². The van der Waals surface area contributed by atoms with Gasteiger partial charge in [-0.1, -0.05) is 22.9 Å². The lowest BCUT2D eigenvalue weighted by molar-refractivity contribution is 0.0684. The molecule has 0 saturated carbocycles. The number of nitrogens with zero attached hydrogens (tertiary/aromatic N) is 3. The number of aromatic nitrogens is 2. The maximum atomic E-state index is 13.3. The second kappa shape index (κ2) is 7.87. The van der Waals surface area contributed by atoms with Gasteiger partial charge in [0.05, 0.1) is 11.3 Å². The molecular formula is C22H23BrN4O. The lowest BCUT2D eigenvalue weighted by Crippen LogP contribution is -2.39. The molecule has 1 aliphatic heterocycles. The first kappa shape index (κ1) is 18.9. The van der Waals surface area contributed by atoms with Crippen LogP contribution in [0, 0.1) is 12.8 Å². The predicted molar refractivity (Wildman–Crippen MR) is 116 cm³/mol. The van der Waals surface area contributed by atoms with Crippen molar-refractivity contribution in [2.24, 2.45) is 5.92 Å². The molecule has 1 unspecified atom stereocenters. The molecule has 1 aliphatic rings. The quantitative estimate of drug-likeness (QED) is 0.601. The molecule has 0 radical (unpaired) electrons. The van der Waals surface area contributed by atoms with E-state index in [4.69, 9.17) is 0 Å². The summed E-state index contributed by atoms with van der Waals surface area (Å²) < 4.78 is 1.01. The number of halogens is 1. The Labute approximate surface area is 173 Å². The summed E-state index contributed by atoms with van der Waals surface area (Å²) in [5, 5.41) is 4.30. The minimum absolute atomic E-state index is 0.0288. The maximum absolute atomic E-state index is 13.3. The van der Waals surface area contributed by atoms with Crippen LogP contribution in [0.15, 0.2) is 47.1 Å². The summed E-state index contributed by atoms with van der Waals surface area (Å²) in [6.45, 7) is 5.73. The van der Waals surface area contributed by atoms with E-state index in [0.29, 0.717) is 17.1 Å². The average molecular weight is 439 g/mol. The van der Waals surface area contributed by atoms with Gasteiger partial charge < -0.3 is 10.2 Å². The van der Waals surface area contributed by atoms with Crippen LogP contribution in [0.3, 0.4) is 0 Å². The van der Waals surface area contributed by atoms with Gasteiger partial charge in [-0.25, -0.2) is 9.97 Å². The van der Waals surface area contributed by atoms with Gasteiger partial charge in [-0.15, -0.1) is 0 Å². The highest BCUT2D eigenvalue weighted by atomic mass is 79.9. The van der Waals surface area contributed by atoms with Crippen molar-refractivity contribution in [1.29, 1.82) is 0 Å². The Kier molecular flexibility index (Phi) is 5.31. The molecule has 5 nitrogen and oxygen atoms in total. The third kappa shape index (κ3) is 3.87. The molecule has 28 heavy (non-hydrogen) atoms. The van der Waals surface area contributed by atoms with Gasteiger partial charge in [0.25, 0.3) is 5.91 Å². The van der Waals surface area contributed by atoms with Gasteiger partial charge in [0, 0.05) is 40.5 Å². The number of hydrogen-bond donors (Lipinski definition) is 1. The highest BCUT2D eigenvalue weighted by Crippen LogP contribution is 2.31. The molecular weight excluding hydrogens is 416 g/mol. The Hall–Kier alpha value is -2.47. The number of likely N-dealkylation sites (tertiary alicyclic amines) is 1. The van der Waals surface area contributed by atoms with E-state index < -0.39 is 0 Å². The van der Waals surface area contributed by atoms with Crippen LogP contribution in [-0.4, -0.2) is 33.9 Å². The fourth-order valence-corrected chi connectivity index (χ4v) is 3.95. The van der Waals surface area contributed by atoms with E-state index in [0.717, 1.165) is 46.4 Å². The smallest absolute Gasteiger partial charge is 0.257 e. The number of rotatable bonds is 3. The molecule has 1 fully saturated rings. The molecule has 1 N–H and O–H groups in total. The molecule has 4 rings (SSSR count). The van der Waals surface area contributed by atoms with Gasteiger partial charge in [0.15, 0.2) is 5.65 Å². The van der Waals surface area contributed by atoms with Crippen LogP contribution < -0.4 is 5.32 Å². The number of fused-ring (bicyclic) bond motifs is 1. The summed E-state index contributed by atoms with van der Waals surface area (Å²) in [7, 11) is 0. The van der Waals surface area contributed by atoms with Gasteiger partial charge in [-0.3, -0.25) is 4.79 Å². The molecule has 0 spiro atoms. The van der Waals surface area contributed by atoms with Crippen molar-refractivity contribution in [1.82, 2.24) is 14.9 Å². The highest BCUT2D eigenvalue weighted by Gasteiger charge is 2.25. The SMILES string of the molecule is Cc1ccc2c(Nc3ccc(Br)cc3)c(C(=O)N3CCCC(C)C3)cnc2n1. The maximum Gasteiger partial charge on any atom is 0.257 e. The lowest BCUT2D eigenvalue weighted by Gasteiger charge is -2.31. The lowest BCUT2D eigenvalue weighted by atomic mass is 9.99. The summed E-state index contributed by atoms with van der Waals surface area (Å²) >= 11 is 3.47. The molecule has 1 aromatic carbocycles. The summed E-state index contributed by atoms with van der Waals surface area (Å²) in [5.41, 5.74) is 3.82. The van der Waals surface area contributed by atoms with Gasteiger partial charge >= 0.3 is 0 Å². The molecule has 3 heterocycles. The standard InChI is InChI=1S/C22H23BrN4O/c1-14-4-3-11-27(13-14)22(28)19-12-24-21-18(10-5-15(2)25-21)20(19)26-17-8-6-16(23)7-9-17/h5-10,12,14H,3-4,11,13H2,1-2H3,(H,24,25,26). The van der Waals surface area contributed by atoms with E-state index in [1.807, 2.05) is 48.2 Å². The molecule has 0 aliphatic carbocycles. The minimum atomic E-state index is 0.0288. The number of carbonyl (C=O) groups is 1. The van der Waals surface area contributed by atoms with Gasteiger partial charge in [-0.05, 0) is 62.1 Å². The largest absolute Gasteiger partial charge is 0.354 e. The first-order chi connectivity index (χ1) is 13.5. The number of aryl methyl sites for hydroxylation is 1. The van der Waals surface area contributed by atoms with Crippen LogP contribution in [-0.2, 0) is 0 Å². The number of amides is 1. The number of hydrogen-bond acceptors (Lipinski definition) is 4. The molecule has 144 valence electrons. The monoisotopic (exact) mass is 438 g/mol. The second-order valence-corrected chi connectivity index (χ2v) is 8.42. The van der Waals surface area contributed by atoms with E-state index in [9.17, 15) is 4.79 Å². The van der Waals surface area contributed by atoms with Crippen molar-refractivity contribution in [3.05, 3.63) is 58.3 Å². The number of anilines is 2. The van der Waals surface area contributed by atoms with E-state index >= 15 is 0 Å². The van der Waals surface area contributed by atoms with Gasteiger partial charge in [-0.2, -0.15) is 0 Å². The fraction of sp³-hybridized carbons (Fsp3) is 0.318. The fourth-order valence-electron chi connectivity index (χ4n) is 3.69. The molecule has 0 bridgehead atoms. The normalized spacial score (nSPS) is 17.0. The third-order valence-electron chi connectivity index (χ3n) is 5.16. The number of nitrogens with one attached hydrogen (secondary N) is 1. The predicted octanol–water partition coefficient (Wildman–Crippen LogP) is 5.32. The van der Waals surface area contributed by atoms with Crippen molar-refractivity contribution in [3.63, 3.8) is 0 Å². The zero-order chi connectivity index (χ0) is 19.7. The first-order valence-electron chi connectivity index (χ1n) is 9.59. The second-order valence-electron chi connectivity index (χ2n) is 7.50. The van der Waals surface area contributed by atoms with E-state index in [1.54, 1.807) is 6.20 Å². The zero-order valence-corrected chi connectivity index (χ0v) is 17.7. The molecule has 1 amide bonds. The first-order valence-corrected chi connectivity index (χ1v) is 10.4.